The van der Waals surface area contributed by atoms with E-state index in [4.69, 9.17) is 0 Å². The van der Waals surface area contributed by atoms with Crippen LogP contribution < -0.4 is 5.56 Å². The molecule has 194 valence electrons. The second-order valence-electron chi connectivity index (χ2n) is 11.4. The number of phenols is 1. The van der Waals surface area contributed by atoms with Crippen molar-refractivity contribution < 1.29 is 9.90 Å². The van der Waals surface area contributed by atoms with E-state index >= 15 is 0 Å². The van der Waals surface area contributed by atoms with Crippen molar-refractivity contribution in [1.29, 1.82) is 0 Å². The van der Waals surface area contributed by atoms with Crippen molar-refractivity contribution in [3.05, 3.63) is 62.6 Å². The Labute approximate surface area is 214 Å². The monoisotopic (exact) mass is 491 g/mol. The normalized spacial score (nSPS) is 23.8. The van der Waals surface area contributed by atoms with Crippen molar-refractivity contribution >= 4 is 5.91 Å². The van der Waals surface area contributed by atoms with Gasteiger partial charge in [0.05, 0.1) is 0 Å². The second kappa shape index (κ2) is 10.8. The second-order valence-corrected chi connectivity index (χ2v) is 11.4. The Kier molecular flexibility index (Phi) is 7.52. The van der Waals surface area contributed by atoms with E-state index in [-0.39, 0.29) is 23.1 Å². The third kappa shape index (κ3) is 5.69. The van der Waals surface area contributed by atoms with Gasteiger partial charge in [-0.25, -0.2) is 0 Å². The number of aryl methyl sites for hydroxylation is 2. The summed E-state index contributed by atoms with van der Waals surface area (Å²) in [5, 5.41) is 10.3. The van der Waals surface area contributed by atoms with E-state index in [9.17, 15) is 14.7 Å². The minimum atomic E-state index is -0.268. The highest BCUT2D eigenvalue weighted by atomic mass is 16.3. The van der Waals surface area contributed by atoms with Gasteiger partial charge in [-0.1, -0.05) is 6.07 Å². The van der Waals surface area contributed by atoms with Crippen molar-refractivity contribution in [3.8, 4) is 5.75 Å². The molecular weight excluding hydrogens is 450 g/mol. The molecule has 3 aliphatic rings. The number of phenolic OH excluding ortho intramolecular Hbond substituents is 1. The Morgan fingerprint density at radius 1 is 1.06 bits per heavy atom. The van der Waals surface area contributed by atoms with Crippen molar-refractivity contribution in [2.45, 2.75) is 83.6 Å². The Bertz CT molecular complexity index is 1150. The predicted octanol–water partition coefficient (Wildman–Crippen LogP) is 4.78. The number of aromatic hydroxyl groups is 1. The van der Waals surface area contributed by atoms with Gasteiger partial charge in [0.15, 0.2) is 0 Å². The molecule has 0 bridgehead atoms. The van der Waals surface area contributed by atoms with Gasteiger partial charge in [0.2, 0.25) is 0 Å². The molecule has 1 aromatic carbocycles. The first-order chi connectivity index (χ1) is 17.4. The lowest BCUT2D eigenvalue weighted by Crippen LogP contribution is -2.36. The van der Waals surface area contributed by atoms with Gasteiger partial charge in [-0.2, -0.15) is 0 Å². The van der Waals surface area contributed by atoms with Crippen LogP contribution in [0, 0.1) is 12.8 Å². The first-order valence-electron chi connectivity index (χ1n) is 14.0. The molecule has 36 heavy (non-hydrogen) atoms. The first-order valence-corrected chi connectivity index (χ1v) is 14.0. The number of hydrogen-bond donors (Lipinski definition) is 2. The lowest BCUT2D eigenvalue weighted by Gasteiger charge is -2.31. The molecule has 2 aliphatic heterocycles. The van der Waals surface area contributed by atoms with Crippen LogP contribution in [-0.2, 0) is 12.8 Å². The van der Waals surface area contributed by atoms with Gasteiger partial charge in [-0.15, -0.1) is 0 Å². The molecule has 5 rings (SSSR count). The molecule has 1 saturated heterocycles. The number of benzene rings is 1. The number of fused-ring (bicyclic) bond motifs is 1. The topological polar surface area (TPSA) is 76.6 Å². The van der Waals surface area contributed by atoms with Crippen LogP contribution in [0.3, 0.4) is 0 Å². The number of hydrogen-bond acceptors (Lipinski definition) is 4. The lowest BCUT2D eigenvalue weighted by atomic mass is 9.86. The molecule has 2 atom stereocenters. The SMILES string of the molecule is Cc1ccc(O)cc1C1CCN(CC2CC2)C(C)CCCc2cc(C(=O)N3CCCC3)c(=O)[nH]c2C1. The number of nitrogens with one attached hydrogen (secondary N) is 1. The van der Waals surface area contributed by atoms with Crippen LogP contribution >= 0.6 is 0 Å². The summed E-state index contributed by atoms with van der Waals surface area (Å²) in [7, 11) is 0. The Hall–Kier alpha value is -2.60. The third-order valence-electron chi connectivity index (χ3n) is 8.64. The first kappa shape index (κ1) is 25.1. The summed E-state index contributed by atoms with van der Waals surface area (Å²) in [5.41, 5.74) is 4.39. The summed E-state index contributed by atoms with van der Waals surface area (Å²) in [6.07, 6.45) is 9.39. The van der Waals surface area contributed by atoms with Crippen LogP contribution in [0.2, 0.25) is 0 Å². The van der Waals surface area contributed by atoms with Gasteiger partial charge in [0.1, 0.15) is 11.3 Å². The summed E-state index contributed by atoms with van der Waals surface area (Å²) >= 11 is 0. The fourth-order valence-electron chi connectivity index (χ4n) is 6.16. The molecule has 1 saturated carbocycles. The van der Waals surface area contributed by atoms with Crippen LogP contribution in [0.1, 0.15) is 90.5 Å². The molecule has 6 heteroatoms. The van der Waals surface area contributed by atoms with Gasteiger partial charge in [-0.3, -0.25) is 9.59 Å². The van der Waals surface area contributed by atoms with Gasteiger partial charge in [-0.05, 0) is 125 Å². The van der Waals surface area contributed by atoms with Gasteiger partial charge < -0.3 is 19.9 Å². The van der Waals surface area contributed by atoms with E-state index in [1.54, 1.807) is 6.07 Å². The highest BCUT2D eigenvalue weighted by Gasteiger charge is 2.29. The number of aromatic nitrogens is 1. The minimum absolute atomic E-state index is 0.129. The zero-order chi connectivity index (χ0) is 25.2. The van der Waals surface area contributed by atoms with E-state index in [0.717, 1.165) is 80.9 Å². The molecule has 1 aromatic heterocycles. The molecule has 2 unspecified atom stereocenters. The summed E-state index contributed by atoms with van der Waals surface area (Å²) in [6.45, 7) is 8.12. The number of amides is 1. The van der Waals surface area contributed by atoms with Crippen molar-refractivity contribution in [2.75, 3.05) is 26.2 Å². The van der Waals surface area contributed by atoms with Crippen LogP contribution in [0.5, 0.6) is 5.75 Å². The predicted molar refractivity (Wildman–Crippen MR) is 143 cm³/mol. The molecule has 1 amide bonds. The number of carbonyl (C=O) groups excluding carboxylic acids is 1. The van der Waals surface area contributed by atoms with Crippen molar-refractivity contribution in [2.24, 2.45) is 5.92 Å². The number of H-pyrrole nitrogens is 1. The Morgan fingerprint density at radius 3 is 2.58 bits per heavy atom. The van der Waals surface area contributed by atoms with E-state index in [0.29, 0.717) is 18.0 Å². The van der Waals surface area contributed by atoms with Crippen molar-refractivity contribution in [3.63, 3.8) is 0 Å². The fraction of sp³-hybridized carbons (Fsp3) is 0.600. The quantitative estimate of drug-likeness (QED) is 0.646. The maximum absolute atomic E-state index is 13.2. The van der Waals surface area contributed by atoms with Crippen LogP contribution in [0.25, 0.3) is 0 Å². The van der Waals surface area contributed by atoms with Crippen molar-refractivity contribution in [1.82, 2.24) is 14.8 Å². The zero-order valence-corrected chi connectivity index (χ0v) is 21.9. The highest BCUT2D eigenvalue weighted by Crippen LogP contribution is 2.34. The summed E-state index contributed by atoms with van der Waals surface area (Å²) in [6, 6.07) is 8.04. The van der Waals surface area contributed by atoms with Crippen LogP contribution in [-0.4, -0.2) is 58.0 Å². The average molecular weight is 492 g/mol. The maximum atomic E-state index is 13.2. The molecule has 6 nitrogen and oxygen atoms in total. The maximum Gasteiger partial charge on any atom is 0.261 e. The molecule has 2 aromatic rings. The van der Waals surface area contributed by atoms with E-state index < -0.39 is 0 Å². The number of aromatic amines is 1. The molecule has 2 N–H and O–H groups in total. The standard InChI is InChI=1S/C30H41N3O3/c1-20-8-11-25(34)18-26(20)23-12-15-33(19-22-9-10-22)21(2)6-5-7-24-16-27(29(35)31-28(24)17-23)30(36)32-13-3-4-14-32/h8,11,16,18,21-23,34H,3-7,9-10,12-15,17,19H2,1-2H3,(H,31,35). The van der Waals surface area contributed by atoms with E-state index in [1.165, 1.54) is 24.9 Å². The summed E-state index contributed by atoms with van der Waals surface area (Å²) in [5.74, 6) is 1.17. The van der Waals surface area contributed by atoms with Crippen LogP contribution in [0.15, 0.2) is 29.1 Å². The molecule has 2 fully saturated rings. The number of likely N-dealkylation sites (tertiary alicyclic amines) is 1. The average Bonchev–Trinajstić information content (AvgIpc) is 3.51. The number of carbonyl (C=O) groups is 1. The van der Waals surface area contributed by atoms with E-state index in [2.05, 4.69) is 23.7 Å². The molecule has 0 spiro atoms. The molecule has 0 radical (unpaired) electrons. The lowest BCUT2D eigenvalue weighted by molar-refractivity contribution is 0.0791. The summed E-state index contributed by atoms with van der Waals surface area (Å²) in [4.78, 5) is 33.9. The Balaban J connectivity index is 1.50. The van der Waals surface area contributed by atoms with Gasteiger partial charge >= 0.3 is 0 Å². The molecular formula is C30H41N3O3. The largest absolute Gasteiger partial charge is 0.508 e. The Morgan fingerprint density at radius 2 is 1.83 bits per heavy atom. The number of nitrogens with zero attached hydrogens (tertiary/aromatic N) is 2. The minimum Gasteiger partial charge on any atom is -0.508 e. The van der Waals surface area contributed by atoms with Gasteiger partial charge in [0.25, 0.3) is 11.5 Å². The van der Waals surface area contributed by atoms with E-state index in [1.807, 2.05) is 23.1 Å². The summed E-state index contributed by atoms with van der Waals surface area (Å²) < 4.78 is 0. The number of rotatable bonds is 4. The smallest absolute Gasteiger partial charge is 0.261 e. The highest BCUT2D eigenvalue weighted by molar-refractivity contribution is 5.94. The number of pyridine rings is 1. The fourth-order valence-corrected chi connectivity index (χ4v) is 6.16. The molecule has 3 heterocycles. The third-order valence-corrected chi connectivity index (χ3v) is 8.64. The zero-order valence-electron chi connectivity index (χ0n) is 21.9. The van der Waals surface area contributed by atoms with Crippen LogP contribution in [0.4, 0.5) is 0 Å². The van der Waals surface area contributed by atoms with Gasteiger partial charge in [0, 0.05) is 31.4 Å². The molecule has 1 aliphatic carbocycles.